The van der Waals surface area contributed by atoms with E-state index in [1.54, 1.807) is 11.8 Å². The average molecular weight is 514 g/mol. The lowest BCUT2D eigenvalue weighted by molar-refractivity contribution is -0.259. The van der Waals surface area contributed by atoms with E-state index >= 15 is 0 Å². The number of aromatic nitrogens is 3. The van der Waals surface area contributed by atoms with Crippen molar-refractivity contribution in [1.29, 1.82) is 0 Å². The summed E-state index contributed by atoms with van der Waals surface area (Å²) in [6.45, 7) is 2.13. The molecule has 1 saturated heterocycles. The number of hydrogen-bond acceptors (Lipinski definition) is 8. The van der Waals surface area contributed by atoms with Crippen LogP contribution in [0.15, 0.2) is 35.6 Å². The molecule has 0 spiro atoms. The van der Waals surface area contributed by atoms with E-state index in [2.05, 4.69) is 26.8 Å². The highest BCUT2D eigenvalue weighted by Crippen LogP contribution is 2.38. The monoisotopic (exact) mass is 514 g/mol. The van der Waals surface area contributed by atoms with Gasteiger partial charge in [-0.2, -0.15) is 17.5 Å². The summed E-state index contributed by atoms with van der Waals surface area (Å²) in [5, 5.41) is 20.5. The van der Waals surface area contributed by atoms with Crippen molar-refractivity contribution in [1.82, 2.24) is 19.3 Å². The Morgan fingerprint density at radius 1 is 1.17 bits per heavy atom. The molecule has 11 nitrogen and oxygen atoms in total. The highest BCUT2D eigenvalue weighted by Gasteiger charge is 2.51. The largest absolute Gasteiger partial charge is 0.465 e. The van der Waals surface area contributed by atoms with Crippen molar-refractivity contribution in [3.8, 4) is 11.8 Å². The van der Waals surface area contributed by atoms with Crippen molar-refractivity contribution in [2.24, 2.45) is 0 Å². The predicted molar refractivity (Wildman–Crippen MR) is 117 cm³/mol. The van der Waals surface area contributed by atoms with Gasteiger partial charge in [-0.3, -0.25) is 5.32 Å². The van der Waals surface area contributed by atoms with Gasteiger partial charge in [-0.15, -0.1) is 5.92 Å². The van der Waals surface area contributed by atoms with Crippen LogP contribution in [0.4, 0.5) is 29.7 Å². The molecule has 3 heterocycles. The summed E-state index contributed by atoms with van der Waals surface area (Å²) in [5.41, 5.74) is -3.67. The third kappa shape index (κ3) is 5.45. The number of hydrogen-bond donors (Lipinski definition) is 3. The number of anilines is 2. The number of carboxylic acid groups (broad SMARTS) is 1. The van der Waals surface area contributed by atoms with Crippen molar-refractivity contribution >= 4 is 27.9 Å². The quantitative estimate of drug-likeness (QED) is 0.506. The van der Waals surface area contributed by atoms with Gasteiger partial charge in [0.2, 0.25) is 16.0 Å². The summed E-state index contributed by atoms with van der Waals surface area (Å²) in [5.74, 6) is 5.54. The van der Waals surface area contributed by atoms with E-state index in [0.29, 0.717) is 6.92 Å². The molecule has 1 fully saturated rings. The number of alkyl halides is 3. The minimum absolute atomic E-state index is 0.00919. The molecular formula is C20H21F3N6O5S. The molecule has 0 radical (unpaired) electrons. The molecule has 2 aromatic heterocycles. The normalized spacial score (nSPS) is 18.8. The third-order valence-electron chi connectivity index (χ3n) is 5.27. The van der Waals surface area contributed by atoms with Gasteiger partial charge in [0.1, 0.15) is 16.8 Å². The fourth-order valence-electron chi connectivity index (χ4n) is 3.26. The van der Waals surface area contributed by atoms with Gasteiger partial charge in [0.25, 0.3) is 0 Å². The molecule has 15 heteroatoms. The Balaban J connectivity index is 1.81. The first-order chi connectivity index (χ1) is 16.3. The van der Waals surface area contributed by atoms with E-state index in [1.807, 2.05) is 5.32 Å². The first-order valence-corrected chi connectivity index (χ1v) is 11.5. The third-order valence-corrected chi connectivity index (χ3v) is 7.12. The summed E-state index contributed by atoms with van der Waals surface area (Å²) in [4.78, 5) is 23.8. The molecule has 2 atom stereocenters. The Morgan fingerprint density at radius 2 is 1.83 bits per heavy atom. The highest BCUT2D eigenvalue weighted by atomic mass is 32.2. The minimum Gasteiger partial charge on any atom is -0.465 e. The van der Waals surface area contributed by atoms with E-state index in [1.165, 1.54) is 16.4 Å². The molecule has 3 N–H and O–H groups in total. The van der Waals surface area contributed by atoms with Crippen LogP contribution in [0, 0.1) is 11.8 Å². The number of nitrogens with one attached hydrogen (secondary N) is 1. The van der Waals surface area contributed by atoms with Crippen LogP contribution < -0.4 is 10.2 Å². The van der Waals surface area contributed by atoms with Crippen LogP contribution in [0.25, 0.3) is 0 Å². The topological polar surface area (TPSA) is 149 Å². The lowest BCUT2D eigenvalue weighted by Crippen LogP contribution is -2.54. The summed E-state index contributed by atoms with van der Waals surface area (Å²) < 4.78 is 66.6. The minimum atomic E-state index is -4.93. The lowest BCUT2D eigenvalue weighted by Gasteiger charge is -2.38. The van der Waals surface area contributed by atoms with Gasteiger partial charge in [0, 0.05) is 43.8 Å². The maximum atomic E-state index is 13.1. The smallest absolute Gasteiger partial charge is 0.421 e. The number of nitrogens with zero attached hydrogens (tertiary/aromatic N) is 5. The average Bonchev–Trinajstić information content (AvgIpc) is 2.78. The van der Waals surface area contributed by atoms with Gasteiger partial charge in [-0.25, -0.2) is 28.2 Å². The molecule has 0 aliphatic carbocycles. The number of carbonyl (C=O) groups is 1. The van der Waals surface area contributed by atoms with Crippen LogP contribution >= 0.6 is 0 Å². The van der Waals surface area contributed by atoms with Crippen molar-refractivity contribution in [3.63, 3.8) is 0 Å². The van der Waals surface area contributed by atoms with Gasteiger partial charge >= 0.3 is 12.3 Å². The van der Waals surface area contributed by atoms with E-state index in [0.717, 1.165) is 18.6 Å². The maximum Gasteiger partial charge on any atom is 0.421 e. The summed E-state index contributed by atoms with van der Waals surface area (Å²) in [7, 11) is -4.00. The highest BCUT2D eigenvalue weighted by molar-refractivity contribution is 7.89. The molecule has 35 heavy (non-hydrogen) atoms. The molecule has 0 aromatic carbocycles. The molecule has 1 aliphatic heterocycles. The molecule has 2 aromatic rings. The fraction of sp³-hybridized carbons (Fsp3) is 0.400. The van der Waals surface area contributed by atoms with Gasteiger partial charge in [-0.1, -0.05) is 5.92 Å². The van der Waals surface area contributed by atoms with E-state index in [4.69, 9.17) is 5.11 Å². The molecule has 3 rings (SSSR count). The first-order valence-electron chi connectivity index (χ1n) is 10.0. The number of amides is 1. The Bertz CT molecular complexity index is 1240. The number of halogens is 3. The Labute approximate surface area is 198 Å². The summed E-state index contributed by atoms with van der Waals surface area (Å²) >= 11 is 0. The van der Waals surface area contributed by atoms with Crippen molar-refractivity contribution in [2.45, 2.75) is 36.6 Å². The van der Waals surface area contributed by atoms with Gasteiger partial charge in [-0.05, 0) is 26.0 Å². The number of pyridine rings is 1. The first kappa shape index (κ1) is 26.1. The number of rotatable bonds is 5. The molecule has 1 amide bonds. The van der Waals surface area contributed by atoms with Crippen LogP contribution in [0.1, 0.15) is 19.4 Å². The van der Waals surface area contributed by atoms with E-state index < -0.39 is 39.5 Å². The second-order valence-corrected chi connectivity index (χ2v) is 9.56. The van der Waals surface area contributed by atoms with E-state index in [9.17, 15) is 31.5 Å². The molecule has 0 unspecified atom stereocenters. The van der Waals surface area contributed by atoms with Crippen LogP contribution in [0.5, 0.6) is 0 Å². The van der Waals surface area contributed by atoms with Crippen molar-refractivity contribution in [2.75, 3.05) is 29.9 Å². The number of aliphatic hydroxyl groups is 1. The van der Waals surface area contributed by atoms with Gasteiger partial charge in [0.05, 0.1) is 0 Å². The summed E-state index contributed by atoms with van der Waals surface area (Å²) in [6.07, 6.45) is -3.50. The Hall–Kier alpha value is -3.48. The van der Waals surface area contributed by atoms with Crippen LogP contribution in [-0.2, 0) is 15.6 Å². The lowest BCUT2D eigenvalue weighted by atomic mass is 9.99. The van der Waals surface area contributed by atoms with Gasteiger partial charge in [0.15, 0.2) is 5.60 Å². The zero-order chi connectivity index (χ0) is 26.0. The zero-order valence-corrected chi connectivity index (χ0v) is 19.3. The molecule has 188 valence electrons. The standard InChI is InChI=1S/C20H21F3N6O5S/c1-3-4-14-12-28(35(33,34)15-5-6-16(24-11-15)27-18(30)31)7-8-29(14)17-25-9-13(10-26-17)19(2,32)20(21,22)23/h5-6,9-11,14,32H,7-8,12H2,1-2H3,(H,24,27)(H,30,31)/t14-,19+/m0/s1. The maximum absolute atomic E-state index is 13.1. The zero-order valence-electron chi connectivity index (χ0n) is 18.5. The van der Waals surface area contributed by atoms with Gasteiger partial charge < -0.3 is 15.1 Å². The number of sulfonamides is 1. The second kappa shape index (κ2) is 9.64. The van der Waals surface area contributed by atoms with Crippen molar-refractivity contribution < 1.29 is 36.6 Å². The fourth-order valence-corrected chi connectivity index (χ4v) is 4.64. The molecule has 0 saturated carbocycles. The van der Waals surface area contributed by atoms with Crippen molar-refractivity contribution in [3.05, 3.63) is 36.3 Å². The van der Waals surface area contributed by atoms with Crippen LogP contribution in [0.3, 0.4) is 0 Å². The second-order valence-electron chi connectivity index (χ2n) is 7.62. The van der Waals surface area contributed by atoms with E-state index in [-0.39, 0.29) is 36.3 Å². The molecule has 0 bridgehead atoms. The Morgan fingerprint density at radius 3 is 2.34 bits per heavy atom. The summed E-state index contributed by atoms with van der Waals surface area (Å²) in [6, 6.07) is 1.72. The van der Waals surface area contributed by atoms with Crippen LogP contribution in [0.2, 0.25) is 0 Å². The Kier molecular flexibility index (Phi) is 7.20. The SMILES string of the molecule is CC#C[C@H]1CN(S(=O)(=O)c2ccc(NC(=O)O)nc2)CCN1c1ncc([C@@](C)(O)C(F)(F)F)cn1. The van der Waals surface area contributed by atoms with Crippen LogP contribution in [-0.4, -0.2) is 75.8 Å². The molecule has 1 aliphatic rings. The predicted octanol–water partition coefficient (Wildman–Crippen LogP) is 1.63. The molecular weight excluding hydrogens is 493 g/mol. The number of piperazine rings is 1.